The summed E-state index contributed by atoms with van der Waals surface area (Å²) in [6, 6.07) is 9.39. The molecule has 1 aliphatic rings. The van der Waals surface area contributed by atoms with Crippen LogP contribution in [0.3, 0.4) is 0 Å². The Kier molecular flexibility index (Phi) is 5.25. The van der Waals surface area contributed by atoms with Crippen LogP contribution >= 0.6 is 23.2 Å². The van der Waals surface area contributed by atoms with Crippen molar-refractivity contribution in [3.05, 3.63) is 69.3 Å². The molecule has 4 heterocycles. The summed E-state index contributed by atoms with van der Waals surface area (Å²) in [5, 5.41) is 7.71. The molecule has 0 aliphatic heterocycles. The standard InChI is InChI=1S/C21H19Cl2N7O/c22-15-11-25-20-19(18(15)23)28-21(29-20)27-13-5-4-12(9-13)26-16-7-6-14(10-24-16)30-8-2-1-3-17(30)31/h1-3,6-8,10-13H,4-5,9H2,(H,24,26)(H2,25,27,28,29)/t12-,13-/m0/s1. The van der Waals surface area contributed by atoms with Gasteiger partial charge in [0.15, 0.2) is 5.65 Å². The number of hydrogen-bond acceptors (Lipinski definition) is 6. The predicted octanol–water partition coefficient (Wildman–Crippen LogP) is 4.26. The SMILES string of the molecule is O=c1ccccn1-c1ccc(N[C@H]2CC[C@H](Nc3nc4ncc(Cl)c(Cl)c4[nH]3)C2)nc1. The van der Waals surface area contributed by atoms with Crippen LogP contribution in [0.5, 0.6) is 0 Å². The zero-order valence-corrected chi connectivity index (χ0v) is 17.9. The molecule has 2 atom stereocenters. The second-order valence-corrected chi connectivity index (χ2v) is 8.30. The van der Waals surface area contributed by atoms with E-state index in [9.17, 15) is 4.79 Å². The Balaban J connectivity index is 1.22. The van der Waals surface area contributed by atoms with Crippen LogP contribution < -0.4 is 16.2 Å². The fourth-order valence-corrected chi connectivity index (χ4v) is 4.20. The molecule has 31 heavy (non-hydrogen) atoms. The number of rotatable bonds is 5. The number of halogens is 2. The van der Waals surface area contributed by atoms with Crippen LogP contribution in [0.2, 0.25) is 10.0 Å². The topological polar surface area (TPSA) is 101 Å². The number of H-pyrrole nitrogens is 1. The van der Waals surface area contributed by atoms with Crippen LogP contribution in [-0.4, -0.2) is 36.6 Å². The number of pyridine rings is 3. The van der Waals surface area contributed by atoms with E-state index in [-0.39, 0.29) is 17.6 Å². The van der Waals surface area contributed by atoms with Gasteiger partial charge in [-0.05, 0) is 37.5 Å². The molecule has 4 aromatic rings. The Bertz CT molecular complexity index is 1290. The molecule has 3 N–H and O–H groups in total. The third-order valence-corrected chi connectivity index (χ3v) is 6.16. The van der Waals surface area contributed by atoms with E-state index in [1.165, 1.54) is 12.3 Å². The number of nitrogens with zero attached hydrogens (tertiary/aromatic N) is 4. The second kappa shape index (κ2) is 8.20. The maximum absolute atomic E-state index is 11.9. The molecule has 0 amide bonds. The van der Waals surface area contributed by atoms with Crippen molar-refractivity contribution in [2.75, 3.05) is 10.6 Å². The number of aromatic amines is 1. The number of imidazole rings is 1. The van der Waals surface area contributed by atoms with E-state index in [0.29, 0.717) is 27.2 Å². The van der Waals surface area contributed by atoms with Crippen LogP contribution in [0, 0.1) is 0 Å². The summed E-state index contributed by atoms with van der Waals surface area (Å²) in [6.45, 7) is 0. The monoisotopic (exact) mass is 455 g/mol. The summed E-state index contributed by atoms with van der Waals surface area (Å²) < 4.78 is 1.56. The molecular weight excluding hydrogens is 437 g/mol. The highest BCUT2D eigenvalue weighted by Crippen LogP contribution is 2.30. The first-order valence-electron chi connectivity index (χ1n) is 9.94. The average Bonchev–Trinajstić information content (AvgIpc) is 3.39. The van der Waals surface area contributed by atoms with Crippen LogP contribution in [0.25, 0.3) is 16.9 Å². The van der Waals surface area contributed by atoms with Gasteiger partial charge in [-0.2, -0.15) is 4.98 Å². The highest BCUT2D eigenvalue weighted by molar-refractivity contribution is 6.44. The predicted molar refractivity (Wildman–Crippen MR) is 122 cm³/mol. The highest BCUT2D eigenvalue weighted by Gasteiger charge is 2.25. The zero-order valence-electron chi connectivity index (χ0n) is 16.3. The van der Waals surface area contributed by atoms with E-state index in [1.807, 2.05) is 18.2 Å². The number of aromatic nitrogens is 5. The molecule has 0 spiro atoms. The molecule has 1 aliphatic carbocycles. The van der Waals surface area contributed by atoms with Gasteiger partial charge in [-0.15, -0.1) is 0 Å². The lowest BCUT2D eigenvalue weighted by atomic mass is 10.2. The molecule has 8 nitrogen and oxygen atoms in total. The van der Waals surface area contributed by atoms with E-state index in [0.717, 1.165) is 30.8 Å². The fourth-order valence-electron chi connectivity index (χ4n) is 3.87. The summed E-state index contributed by atoms with van der Waals surface area (Å²) in [4.78, 5) is 28.2. The normalized spacial score (nSPS) is 18.4. The summed E-state index contributed by atoms with van der Waals surface area (Å²) in [5.74, 6) is 1.42. The Morgan fingerprint density at radius 3 is 2.65 bits per heavy atom. The van der Waals surface area contributed by atoms with Crippen molar-refractivity contribution in [2.24, 2.45) is 0 Å². The Labute approximate surface area is 187 Å². The molecule has 1 fully saturated rings. The van der Waals surface area contributed by atoms with Crippen molar-refractivity contribution in [1.29, 1.82) is 0 Å². The number of hydrogen-bond donors (Lipinski definition) is 3. The van der Waals surface area contributed by atoms with E-state index in [4.69, 9.17) is 23.2 Å². The minimum absolute atomic E-state index is 0.0842. The number of anilines is 2. The molecule has 1 saturated carbocycles. The van der Waals surface area contributed by atoms with Crippen LogP contribution in [-0.2, 0) is 0 Å². The molecule has 0 saturated heterocycles. The van der Waals surface area contributed by atoms with Gasteiger partial charge in [0.2, 0.25) is 5.95 Å². The molecular formula is C21H19Cl2N7O. The van der Waals surface area contributed by atoms with Gasteiger partial charge in [-0.3, -0.25) is 9.36 Å². The van der Waals surface area contributed by atoms with Crippen LogP contribution in [0.4, 0.5) is 11.8 Å². The number of nitrogens with one attached hydrogen (secondary N) is 3. The largest absolute Gasteiger partial charge is 0.367 e. The Morgan fingerprint density at radius 2 is 1.87 bits per heavy atom. The summed E-state index contributed by atoms with van der Waals surface area (Å²) >= 11 is 12.2. The first-order valence-corrected chi connectivity index (χ1v) is 10.7. The maximum Gasteiger partial charge on any atom is 0.255 e. The minimum Gasteiger partial charge on any atom is -0.367 e. The van der Waals surface area contributed by atoms with Gasteiger partial charge < -0.3 is 15.6 Å². The van der Waals surface area contributed by atoms with Crippen molar-refractivity contribution in [1.82, 2.24) is 24.5 Å². The quantitative estimate of drug-likeness (QED) is 0.415. The number of fused-ring (bicyclic) bond motifs is 1. The van der Waals surface area contributed by atoms with E-state index in [1.54, 1.807) is 23.0 Å². The Morgan fingerprint density at radius 1 is 1.03 bits per heavy atom. The maximum atomic E-state index is 11.9. The highest BCUT2D eigenvalue weighted by atomic mass is 35.5. The summed E-state index contributed by atoms with van der Waals surface area (Å²) in [6.07, 6.45) is 7.84. The third-order valence-electron chi connectivity index (χ3n) is 5.39. The first kappa shape index (κ1) is 19.8. The van der Waals surface area contributed by atoms with Crippen molar-refractivity contribution in [3.8, 4) is 5.69 Å². The molecule has 158 valence electrons. The molecule has 4 aromatic heterocycles. The fraction of sp³-hybridized carbons (Fsp3) is 0.238. The average molecular weight is 456 g/mol. The summed E-state index contributed by atoms with van der Waals surface area (Å²) in [5.41, 5.74) is 1.82. The molecule has 5 rings (SSSR count). The molecule has 0 unspecified atom stereocenters. The van der Waals surface area contributed by atoms with Gasteiger partial charge in [0.05, 0.1) is 21.9 Å². The minimum atomic E-state index is -0.0842. The van der Waals surface area contributed by atoms with Gasteiger partial charge in [-0.25, -0.2) is 9.97 Å². The summed E-state index contributed by atoms with van der Waals surface area (Å²) in [7, 11) is 0. The van der Waals surface area contributed by atoms with Gasteiger partial charge in [-0.1, -0.05) is 29.3 Å². The van der Waals surface area contributed by atoms with Crippen LogP contribution in [0.15, 0.2) is 53.7 Å². The molecule has 0 radical (unpaired) electrons. The lowest BCUT2D eigenvalue weighted by Crippen LogP contribution is -2.21. The first-order chi connectivity index (χ1) is 15.1. The van der Waals surface area contributed by atoms with Gasteiger partial charge in [0.25, 0.3) is 5.56 Å². The lowest BCUT2D eigenvalue weighted by Gasteiger charge is -2.15. The second-order valence-electron chi connectivity index (χ2n) is 7.51. The van der Waals surface area contributed by atoms with Crippen molar-refractivity contribution < 1.29 is 0 Å². The molecule has 10 heteroatoms. The molecule has 0 aromatic carbocycles. The van der Waals surface area contributed by atoms with Gasteiger partial charge in [0, 0.05) is 30.5 Å². The van der Waals surface area contributed by atoms with E-state index >= 15 is 0 Å². The smallest absolute Gasteiger partial charge is 0.255 e. The van der Waals surface area contributed by atoms with Crippen molar-refractivity contribution in [2.45, 2.75) is 31.3 Å². The van der Waals surface area contributed by atoms with E-state index in [2.05, 4.69) is 30.6 Å². The van der Waals surface area contributed by atoms with E-state index < -0.39 is 0 Å². The van der Waals surface area contributed by atoms with Crippen LogP contribution in [0.1, 0.15) is 19.3 Å². The lowest BCUT2D eigenvalue weighted by molar-refractivity contribution is 0.718. The third kappa shape index (κ3) is 4.08. The zero-order chi connectivity index (χ0) is 21.4. The Hall–Kier alpha value is -3.10. The van der Waals surface area contributed by atoms with Gasteiger partial charge >= 0.3 is 0 Å². The molecule has 0 bridgehead atoms. The van der Waals surface area contributed by atoms with Gasteiger partial charge in [0.1, 0.15) is 11.3 Å². The van der Waals surface area contributed by atoms with Crippen molar-refractivity contribution in [3.63, 3.8) is 0 Å². The van der Waals surface area contributed by atoms with Crippen molar-refractivity contribution >= 4 is 46.1 Å².